The minimum Gasteiger partial charge on any atom is -0.242 e. The molecule has 0 atom stereocenters. The number of aryl methyl sites for hydroxylation is 1. The molecule has 1 aromatic carbocycles. The van der Waals surface area contributed by atoms with E-state index in [0.29, 0.717) is 5.69 Å². The van der Waals surface area contributed by atoms with Crippen molar-refractivity contribution in [2.75, 3.05) is 0 Å². The average Bonchev–Trinajstić information content (AvgIpc) is 2.17. The van der Waals surface area contributed by atoms with Gasteiger partial charge in [0.25, 0.3) is 0 Å². The smallest absolute Gasteiger partial charge is 0.148 e. The number of fused-ring (bicyclic) bond motifs is 1. The predicted octanol–water partition coefficient (Wildman–Crippen LogP) is 3.18. The Morgan fingerprint density at radius 2 is 2.14 bits per heavy atom. The molecule has 2 nitrogen and oxygen atoms in total. The normalized spacial score (nSPS) is 10.1. The molecule has 2 aromatic rings. The van der Waals surface area contributed by atoms with Gasteiger partial charge in [-0.15, -0.1) is 0 Å². The Morgan fingerprint density at radius 3 is 2.86 bits per heavy atom. The highest BCUT2D eigenvalue weighted by Gasteiger charge is 2.03. The van der Waals surface area contributed by atoms with Gasteiger partial charge in [-0.3, -0.25) is 0 Å². The Morgan fingerprint density at radius 1 is 1.36 bits per heavy atom. The lowest BCUT2D eigenvalue weighted by Crippen LogP contribution is -1.89. The van der Waals surface area contributed by atoms with Crippen LogP contribution in [0.2, 0.25) is 0 Å². The fourth-order valence-corrected chi connectivity index (χ4v) is 1.80. The van der Waals surface area contributed by atoms with Crippen molar-refractivity contribution in [3.05, 3.63) is 40.1 Å². The summed E-state index contributed by atoms with van der Waals surface area (Å²) in [7, 11) is 0. The molecule has 1 aromatic heterocycles. The topological polar surface area (TPSA) is 36.7 Å². The van der Waals surface area contributed by atoms with Crippen LogP contribution in [0, 0.1) is 18.3 Å². The maximum Gasteiger partial charge on any atom is 0.148 e. The summed E-state index contributed by atoms with van der Waals surface area (Å²) >= 11 is 3.38. The van der Waals surface area contributed by atoms with E-state index in [-0.39, 0.29) is 0 Å². The van der Waals surface area contributed by atoms with Gasteiger partial charge in [0.2, 0.25) is 0 Å². The van der Waals surface area contributed by atoms with Crippen LogP contribution in [-0.4, -0.2) is 4.98 Å². The van der Waals surface area contributed by atoms with Crippen LogP contribution in [0.5, 0.6) is 0 Å². The Bertz CT molecular complexity index is 541. The Kier molecular flexibility index (Phi) is 2.22. The monoisotopic (exact) mass is 246 g/mol. The fourth-order valence-electron chi connectivity index (χ4n) is 1.44. The van der Waals surface area contributed by atoms with Crippen molar-refractivity contribution in [2.24, 2.45) is 0 Å². The fraction of sp³-hybridized carbons (Fsp3) is 0.0909. The maximum absolute atomic E-state index is 8.92. The molecule has 3 heteroatoms. The van der Waals surface area contributed by atoms with Crippen LogP contribution in [0.4, 0.5) is 0 Å². The molecule has 0 unspecified atom stereocenters. The molecule has 0 aliphatic rings. The average molecular weight is 247 g/mol. The van der Waals surface area contributed by atoms with E-state index in [4.69, 9.17) is 5.26 Å². The van der Waals surface area contributed by atoms with Crippen LogP contribution in [0.25, 0.3) is 10.8 Å². The van der Waals surface area contributed by atoms with E-state index in [2.05, 4.69) is 27.0 Å². The van der Waals surface area contributed by atoms with Crippen molar-refractivity contribution in [3.63, 3.8) is 0 Å². The molecule has 0 fully saturated rings. The van der Waals surface area contributed by atoms with Gasteiger partial charge in [-0.05, 0) is 30.5 Å². The molecule has 68 valence electrons. The van der Waals surface area contributed by atoms with E-state index in [9.17, 15) is 0 Å². The van der Waals surface area contributed by atoms with Crippen molar-refractivity contribution in [1.29, 1.82) is 5.26 Å². The summed E-state index contributed by atoms with van der Waals surface area (Å²) in [5, 5.41) is 10.9. The van der Waals surface area contributed by atoms with E-state index in [1.807, 2.05) is 31.2 Å². The molecule has 0 bridgehead atoms. The lowest BCUT2D eigenvalue weighted by atomic mass is 10.1. The number of nitrogens with zero attached hydrogens (tertiary/aromatic N) is 2. The second-order valence-electron chi connectivity index (χ2n) is 3.09. The van der Waals surface area contributed by atoms with Gasteiger partial charge in [0.1, 0.15) is 11.8 Å². The second-order valence-corrected chi connectivity index (χ2v) is 4.01. The summed E-state index contributed by atoms with van der Waals surface area (Å²) in [6.07, 6.45) is 0. The Balaban J connectivity index is 2.90. The molecule has 1 heterocycles. The highest BCUT2D eigenvalue weighted by atomic mass is 79.9. The molecule has 0 spiro atoms. The maximum atomic E-state index is 8.92. The van der Waals surface area contributed by atoms with E-state index in [0.717, 1.165) is 20.9 Å². The third kappa shape index (κ3) is 1.49. The molecule has 0 radical (unpaired) electrons. The van der Waals surface area contributed by atoms with Crippen LogP contribution in [0.15, 0.2) is 28.7 Å². The molecule has 0 saturated heterocycles. The van der Waals surface area contributed by atoms with Gasteiger partial charge in [-0.2, -0.15) is 5.26 Å². The van der Waals surface area contributed by atoms with Crippen LogP contribution < -0.4 is 0 Å². The molecule has 0 amide bonds. The highest BCUT2D eigenvalue weighted by molar-refractivity contribution is 9.10. The molecule has 0 saturated carbocycles. The number of halogens is 1. The summed E-state index contributed by atoms with van der Waals surface area (Å²) < 4.78 is 0.965. The first kappa shape index (κ1) is 9.17. The first-order valence-electron chi connectivity index (χ1n) is 4.18. The number of hydrogen-bond donors (Lipinski definition) is 0. The number of aromatic nitrogens is 1. The van der Waals surface area contributed by atoms with E-state index in [1.54, 1.807) is 0 Å². The zero-order valence-corrected chi connectivity index (χ0v) is 9.17. The molecular formula is C11H7BrN2. The van der Waals surface area contributed by atoms with Crippen LogP contribution in [0.3, 0.4) is 0 Å². The van der Waals surface area contributed by atoms with E-state index in [1.165, 1.54) is 0 Å². The zero-order chi connectivity index (χ0) is 10.1. The SMILES string of the molecule is Cc1cc2ccc(Br)cc2c(C#N)n1. The summed E-state index contributed by atoms with van der Waals surface area (Å²) in [4.78, 5) is 4.18. The first-order valence-corrected chi connectivity index (χ1v) is 4.97. The molecule has 14 heavy (non-hydrogen) atoms. The van der Waals surface area contributed by atoms with Crippen molar-refractivity contribution in [1.82, 2.24) is 4.98 Å². The van der Waals surface area contributed by atoms with Crippen molar-refractivity contribution in [3.8, 4) is 6.07 Å². The Labute approximate surface area is 90.3 Å². The van der Waals surface area contributed by atoms with Gasteiger partial charge in [-0.25, -0.2) is 4.98 Å². The standard InChI is InChI=1S/C11H7BrN2/c1-7-4-8-2-3-9(12)5-10(8)11(6-13)14-7/h2-5H,1H3. The van der Waals surface area contributed by atoms with Gasteiger partial charge in [-0.1, -0.05) is 22.0 Å². The molecule has 0 aliphatic carbocycles. The molecule has 0 N–H and O–H groups in total. The van der Waals surface area contributed by atoms with Crippen molar-refractivity contribution < 1.29 is 0 Å². The van der Waals surface area contributed by atoms with E-state index >= 15 is 0 Å². The van der Waals surface area contributed by atoms with Gasteiger partial charge < -0.3 is 0 Å². The van der Waals surface area contributed by atoms with Crippen LogP contribution in [0.1, 0.15) is 11.4 Å². The summed E-state index contributed by atoms with van der Waals surface area (Å²) in [5.41, 5.74) is 1.36. The van der Waals surface area contributed by atoms with Gasteiger partial charge in [0, 0.05) is 15.6 Å². The number of benzene rings is 1. The zero-order valence-electron chi connectivity index (χ0n) is 7.58. The van der Waals surface area contributed by atoms with Crippen LogP contribution >= 0.6 is 15.9 Å². The largest absolute Gasteiger partial charge is 0.242 e. The van der Waals surface area contributed by atoms with Crippen LogP contribution in [-0.2, 0) is 0 Å². The van der Waals surface area contributed by atoms with Crippen molar-refractivity contribution >= 4 is 26.7 Å². The van der Waals surface area contributed by atoms with E-state index < -0.39 is 0 Å². The van der Waals surface area contributed by atoms with Gasteiger partial charge in [0.05, 0.1) is 0 Å². The minimum absolute atomic E-state index is 0.487. The summed E-state index contributed by atoms with van der Waals surface area (Å²) in [5.74, 6) is 0. The summed E-state index contributed by atoms with van der Waals surface area (Å²) in [6, 6.07) is 9.94. The number of pyridine rings is 1. The van der Waals surface area contributed by atoms with Crippen molar-refractivity contribution in [2.45, 2.75) is 6.92 Å². The summed E-state index contributed by atoms with van der Waals surface area (Å²) in [6.45, 7) is 1.89. The van der Waals surface area contributed by atoms with Gasteiger partial charge in [0.15, 0.2) is 0 Å². The molecular weight excluding hydrogens is 240 g/mol. The molecule has 2 rings (SSSR count). The number of hydrogen-bond acceptors (Lipinski definition) is 2. The quantitative estimate of drug-likeness (QED) is 0.716. The second kappa shape index (κ2) is 3.39. The van der Waals surface area contributed by atoms with Gasteiger partial charge >= 0.3 is 0 Å². The minimum atomic E-state index is 0.487. The predicted molar refractivity (Wildman–Crippen MR) is 58.9 cm³/mol. The molecule has 0 aliphatic heterocycles. The number of rotatable bonds is 0. The number of nitriles is 1. The highest BCUT2D eigenvalue weighted by Crippen LogP contribution is 2.22. The Hall–Kier alpha value is -1.40. The first-order chi connectivity index (χ1) is 6.70. The lowest BCUT2D eigenvalue weighted by molar-refractivity contribution is 1.19. The third-order valence-electron chi connectivity index (χ3n) is 2.03. The third-order valence-corrected chi connectivity index (χ3v) is 2.52. The lowest BCUT2D eigenvalue weighted by Gasteiger charge is -2.01.